The molecule has 1 aliphatic heterocycles. The number of hydrogen-bond donors (Lipinski definition) is 0. The zero-order valence-corrected chi connectivity index (χ0v) is 16.5. The number of likely N-dealkylation sites (tertiary alicyclic amines) is 1. The number of hydrogen-bond acceptors (Lipinski definition) is 2. The second-order valence-electron chi connectivity index (χ2n) is 7.59. The number of benzene rings is 2. The van der Waals surface area contributed by atoms with E-state index in [1.165, 1.54) is 31.4 Å². The Bertz CT molecular complexity index is 686. The third kappa shape index (κ3) is 5.93. The average Bonchev–Trinajstić information content (AvgIpc) is 2.96. The Morgan fingerprint density at radius 1 is 1.04 bits per heavy atom. The molecule has 1 atom stereocenters. The number of amides is 1. The summed E-state index contributed by atoms with van der Waals surface area (Å²) < 4.78 is 0. The fourth-order valence-electron chi connectivity index (χ4n) is 4.01. The fourth-order valence-corrected chi connectivity index (χ4v) is 4.01. The third-order valence-electron chi connectivity index (χ3n) is 5.52. The highest BCUT2D eigenvalue weighted by Gasteiger charge is 2.23. The van der Waals surface area contributed by atoms with Gasteiger partial charge in [0.25, 0.3) is 0 Å². The summed E-state index contributed by atoms with van der Waals surface area (Å²) in [7, 11) is 0. The number of para-hydroxylation sites is 1. The van der Waals surface area contributed by atoms with Crippen molar-refractivity contribution in [2.75, 3.05) is 31.1 Å². The van der Waals surface area contributed by atoms with Crippen LogP contribution in [0.2, 0.25) is 0 Å². The van der Waals surface area contributed by atoms with Gasteiger partial charge in [-0.05, 0) is 49.4 Å². The van der Waals surface area contributed by atoms with E-state index in [4.69, 9.17) is 0 Å². The van der Waals surface area contributed by atoms with Gasteiger partial charge in [-0.3, -0.25) is 4.79 Å². The first-order chi connectivity index (χ1) is 13.3. The predicted molar refractivity (Wildman–Crippen MR) is 113 cm³/mol. The maximum atomic E-state index is 12.6. The molecule has 3 heteroatoms. The molecule has 0 radical (unpaired) electrons. The maximum Gasteiger partial charge on any atom is 0.226 e. The molecule has 27 heavy (non-hydrogen) atoms. The molecule has 1 heterocycles. The highest BCUT2D eigenvalue weighted by Crippen LogP contribution is 2.22. The Morgan fingerprint density at radius 2 is 1.74 bits per heavy atom. The van der Waals surface area contributed by atoms with Gasteiger partial charge < -0.3 is 9.80 Å². The van der Waals surface area contributed by atoms with Gasteiger partial charge in [0.15, 0.2) is 0 Å². The molecule has 0 spiro atoms. The van der Waals surface area contributed by atoms with Crippen LogP contribution in [0.4, 0.5) is 5.69 Å². The molecule has 0 bridgehead atoms. The van der Waals surface area contributed by atoms with Crippen LogP contribution in [0.3, 0.4) is 0 Å². The second kappa shape index (κ2) is 10.3. The summed E-state index contributed by atoms with van der Waals surface area (Å²) in [6.07, 6.45) is 5.39. The van der Waals surface area contributed by atoms with Gasteiger partial charge in [-0.15, -0.1) is 0 Å². The molecule has 0 aromatic heterocycles. The van der Waals surface area contributed by atoms with E-state index in [-0.39, 0.29) is 5.91 Å². The molecule has 1 amide bonds. The third-order valence-corrected chi connectivity index (χ3v) is 5.52. The number of carbonyl (C=O) groups is 1. The van der Waals surface area contributed by atoms with Crippen molar-refractivity contribution >= 4 is 11.6 Å². The van der Waals surface area contributed by atoms with Gasteiger partial charge in [-0.1, -0.05) is 61.9 Å². The standard InChI is InChI=1S/C24H32N2O/c1-2-24(27)26(23-14-7-4-8-15-23)20-22-13-9-10-17-25(19-22)18-16-21-11-5-3-6-12-21/h3-8,11-12,14-15,22H,2,9-10,13,16-20H2,1H3/t22-/m0/s1. The van der Waals surface area contributed by atoms with Gasteiger partial charge in [0.05, 0.1) is 0 Å². The lowest BCUT2D eigenvalue weighted by atomic mass is 10.0. The SMILES string of the molecule is CCC(=O)N(C[C@H]1CCCCN(CCc2ccccc2)C1)c1ccccc1. The van der Waals surface area contributed by atoms with Crippen LogP contribution in [0.1, 0.15) is 38.2 Å². The summed E-state index contributed by atoms with van der Waals surface area (Å²) in [6, 6.07) is 20.9. The normalized spacial score (nSPS) is 18.0. The van der Waals surface area contributed by atoms with Crippen LogP contribution >= 0.6 is 0 Å². The molecule has 0 unspecified atom stereocenters. The molecule has 144 valence electrons. The van der Waals surface area contributed by atoms with Crippen molar-refractivity contribution < 1.29 is 4.79 Å². The van der Waals surface area contributed by atoms with Crippen molar-refractivity contribution in [2.24, 2.45) is 5.92 Å². The van der Waals surface area contributed by atoms with E-state index >= 15 is 0 Å². The van der Waals surface area contributed by atoms with E-state index in [2.05, 4.69) is 47.4 Å². The molecule has 1 aliphatic rings. The molecule has 0 N–H and O–H groups in total. The number of anilines is 1. The molecule has 3 rings (SSSR count). The van der Waals surface area contributed by atoms with Crippen LogP contribution in [-0.4, -0.2) is 37.0 Å². The van der Waals surface area contributed by atoms with E-state index in [1.54, 1.807) is 0 Å². The van der Waals surface area contributed by atoms with Crippen LogP contribution in [-0.2, 0) is 11.2 Å². The Morgan fingerprint density at radius 3 is 2.44 bits per heavy atom. The first-order valence-corrected chi connectivity index (χ1v) is 10.4. The van der Waals surface area contributed by atoms with Crippen molar-refractivity contribution in [2.45, 2.75) is 39.0 Å². The van der Waals surface area contributed by atoms with E-state index in [9.17, 15) is 4.79 Å². The fraction of sp³-hybridized carbons (Fsp3) is 0.458. The Balaban J connectivity index is 1.62. The molecular formula is C24H32N2O. The van der Waals surface area contributed by atoms with Gasteiger partial charge in [-0.25, -0.2) is 0 Å². The quantitative estimate of drug-likeness (QED) is 0.706. The molecular weight excluding hydrogens is 332 g/mol. The summed E-state index contributed by atoms with van der Waals surface area (Å²) in [4.78, 5) is 17.2. The zero-order chi connectivity index (χ0) is 18.9. The Hall–Kier alpha value is -2.13. The molecule has 0 saturated carbocycles. The molecule has 1 fully saturated rings. The van der Waals surface area contributed by atoms with Gasteiger partial charge >= 0.3 is 0 Å². The van der Waals surface area contributed by atoms with Crippen molar-refractivity contribution in [1.82, 2.24) is 4.90 Å². The lowest BCUT2D eigenvalue weighted by molar-refractivity contribution is -0.118. The number of rotatable bonds is 7. The summed E-state index contributed by atoms with van der Waals surface area (Å²) in [5, 5.41) is 0. The minimum absolute atomic E-state index is 0.223. The minimum Gasteiger partial charge on any atom is -0.312 e. The van der Waals surface area contributed by atoms with Crippen molar-refractivity contribution in [1.29, 1.82) is 0 Å². The van der Waals surface area contributed by atoms with E-state index in [0.29, 0.717) is 12.3 Å². The highest BCUT2D eigenvalue weighted by molar-refractivity contribution is 5.93. The smallest absolute Gasteiger partial charge is 0.226 e. The molecule has 0 aliphatic carbocycles. The summed E-state index contributed by atoms with van der Waals surface area (Å²) in [5.41, 5.74) is 2.44. The van der Waals surface area contributed by atoms with Gasteiger partial charge in [0.2, 0.25) is 5.91 Å². The first kappa shape index (κ1) is 19.6. The zero-order valence-electron chi connectivity index (χ0n) is 16.5. The molecule has 3 nitrogen and oxygen atoms in total. The van der Waals surface area contributed by atoms with E-state index in [1.807, 2.05) is 30.0 Å². The number of carbonyl (C=O) groups excluding carboxylic acids is 1. The van der Waals surface area contributed by atoms with Crippen LogP contribution in [0.15, 0.2) is 60.7 Å². The molecule has 2 aromatic carbocycles. The monoisotopic (exact) mass is 364 g/mol. The van der Waals surface area contributed by atoms with Crippen LogP contribution < -0.4 is 4.90 Å². The number of nitrogens with zero attached hydrogens (tertiary/aromatic N) is 2. The van der Waals surface area contributed by atoms with Crippen molar-refractivity contribution in [3.05, 3.63) is 66.2 Å². The van der Waals surface area contributed by atoms with Crippen molar-refractivity contribution in [3.63, 3.8) is 0 Å². The average molecular weight is 365 g/mol. The Kier molecular flexibility index (Phi) is 7.46. The minimum atomic E-state index is 0.223. The highest BCUT2D eigenvalue weighted by atomic mass is 16.2. The lowest BCUT2D eigenvalue weighted by Crippen LogP contribution is -2.39. The van der Waals surface area contributed by atoms with E-state index < -0.39 is 0 Å². The van der Waals surface area contributed by atoms with Crippen LogP contribution in [0, 0.1) is 5.92 Å². The predicted octanol–water partition coefficient (Wildman–Crippen LogP) is 4.77. The van der Waals surface area contributed by atoms with Crippen molar-refractivity contribution in [3.8, 4) is 0 Å². The van der Waals surface area contributed by atoms with Gasteiger partial charge in [-0.2, -0.15) is 0 Å². The van der Waals surface area contributed by atoms with Crippen LogP contribution in [0.25, 0.3) is 0 Å². The summed E-state index contributed by atoms with van der Waals surface area (Å²) in [6.45, 7) is 6.16. The molecule has 2 aromatic rings. The summed E-state index contributed by atoms with van der Waals surface area (Å²) >= 11 is 0. The largest absolute Gasteiger partial charge is 0.312 e. The molecule has 1 saturated heterocycles. The Labute approximate surface area is 164 Å². The van der Waals surface area contributed by atoms with Gasteiger partial charge in [0.1, 0.15) is 0 Å². The lowest BCUT2D eigenvalue weighted by Gasteiger charge is -2.30. The maximum absolute atomic E-state index is 12.6. The summed E-state index contributed by atoms with van der Waals surface area (Å²) in [5.74, 6) is 0.764. The first-order valence-electron chi connectivity index (χ1n) is 10.4. The topological polar surface area (TPSA) is 23.6 Å². The van der Waals surface area contributed by atoms with E-state index in [0.717, 1.165) is 31.7 Å². The second-order valence-corrected chi connectivity index (χ2v) is 7.59. The van der Waals surface area contributed by atoms with Gasteiger partial charge in [0, 0.05) is 31.7 Å². The van der Waals surface area contributed by atoms with Crippen LogP contribution in [0.5, 0.6) is 0 Å².